The number of amides is 1. The number of thiophene rings is 1. The van der Waals surface area contributed by atoms with Gasteiger partial charge in [-0.1, -0.05) is 13.3 Å². The van der Waals surface area contributed by atoms with Crippen molar-refractivity contribution < 1.29 is 4.79 Å². The summed E-state index contributed by atoms with van der Waals surface area (Å²) in [6.45, 7) is 7.54. The molecule has 0 aromatic carbocycles. The van der Waals surface area contributed by atoms with Gasteiger partial charge in [-0.2, -0.15) is 0 Å². The number of aryl methyl sites for hydroxylation is 2. The van der Waals surface area contributed by atoms with Crippen LogP contribution in [0.5, 0.6) is 0 Å². The molecule has 1 aliphatic heterocycles. The van der Waals surface area contributed by atoms with Gasteiger partial charge in [0.15, 0.2) is 0 Å². The fraction of sp³-hybridized carbons (Fsp3) is 0.706. The summed E-state index contributed by atoms with van der Waals surface area (Å²) in [5.41, 5.74) is 1.34. The van der Waals surface area contributed by atoms with Crippen molar-refractivity contribution in [1.29, 1.82) is 0 Å². The Morgan fingerprint density at radius 3 is 2.95 bits per heavy atom. The van der Waals surface area contributed by atoms with E-state index in [-0.39, 0.29) is 5.91 Å². The molecule has 1 saturated heterocycles. The van der Waals surface area contributed by atoms with Crippen LogP contribution in [0.1, 0.15) is 52.7 Å². The monoisotopic (exact) mass is 306 g/mol. The van der Waals surface area contributed by atoms with E-state index in [0.29, 0.717) is 5.92 Å². The second-order valence-corrected chi connectivity index (χ2v) is 7.79. The highest BCUT2D eigenvalue weighted by Gasteiger charge is 2.34. The number of carbonyl (C=O) groups excluding carboxylic acids is 1. The van der Waals surface area contributed by atoms with Crippen LogP contribution in [-0.4, -0.2) is 36.5 Å². The Morgan fingerprint density at radius 1 is 1.43 bits per heavy atom. The first-order chi connectivity index (χ1) is 10.2. The third-order valence-electron chi connectivity index (χ3n) is 4.70. The Morgan fingerprint density at radius 2 is 2.24 bits per heavy atom. The first-order valence-electron chi connectivity index (χ1n) is 8.29. The van der Waals surface area contributed by atoms with Crippen molar-refractivity contribution in [3.63, 3.8) is 0 Å². The molecule has 2 fully saturated rings. The van der Waals surface area contributed by atoms with Gasteiger partial charge in [0.2, 0.25) is 0 Å². The van der Waals surface area contributed by atoms with Crippen molar-refractivity contribution in [1.82, 2.24) is 10.2 Å². The predicted octanol–water partition coefficient (Wildman–Crippen LogP) is 3.22. The van der Waals surface area contributed by atoms with Gasteiger partial charge in [-0.15, -0.1) is 11.3 Å². The van der Waals surface area contributed by atoms with E-state index in [1.54, 1.807) is 11.3 Å². The van der Waals surface area contributed by atoms with Gasteiger partial charge in [-0.25, -0.2) is 0 Å². The zero-order chi connectivity index (χ0) is 14.8. The molecular weight excluding hydrogens is 280 g/mol. The largest absolute Gasteiger partial charge is 0.351 e. The lowest BCUT2D eigenvalue weighted by molar-refractivity contribution is 0.0951. The average Bonchev–Trinajstić information content (AvgIpc) is 3.11. The minimum atomic E-state index is 0.121. The van der Waals surface area contributed by atoms with Gasteiger partial charge in [0.25, 0.3) is 5.91 Å². The zero-order valence-corrected chi connectivity index (χ0v) is 14.0. The van der Waals surface area contributed by atoms with Crippen molar-refractivity contribution in [2.45, 2.75) is 52.0 Å². The number of hydrogen-bond donors (Lipinski definition) is 1. The molecule has 3 rings (SSSR count). The number of likely N-dealkylation sites (tertiary alicyclic amines) is 1. The number of hydrogen-bond acceptors (Lipinski definition) is 3. The smallest absolute Gasteiger partial charge is 0.261 e. The van der Waals surface area contributed by atoms with Crippen LogP contribution in [0.3, 0.4) is 0 Å². The van der Waals surface area contributed by atoms with Gasteiger partial charge in [0, 0.05) is 24.0 Å². The summed E-state index contributed by atoms with van der Waals surface area (Å²) in [6, 6.07) is 2.95. The molecule has 1 amide bonds. The second-order valence-electron chi connectivity index (χ2n) is 6.53. The molecule has 1 aliphatic carbocycles. The van der Waals surface area contributed by atoms with Crippen molar-refractivity contribution in [2.24, 2.45) is 5.92 Å². The van der Waals surface area contributed by atoms with Crippen LogP contribution in [-0.2, 0) is 6.42 Å². The van der Waals surface area contributed by atoms with E-state index >= 15 is 0 Å². The van der Waals surface area contributed by atoms with Gasteiger partial charge < -0.3 is 10.2 Å². The van der Waals surface area contributed by atoms with Crippen molar-refractivity contribution in [3.05, 3.63) is 21.4 Å². The maximum Gasteiger partial charge on any atom is 0.261 e. The summed E-state index contributed by atoms with van der Waals surface area (Å²) in [5.74, 6) is 0.765. The molecule has 1 N–H and O–H groups in total. The number of carbonyl (C=O) groups is 1. The van der Waals surface area contributed by atoms with E-state index in [2.05, 4.69) is 30.1 Å². The molecule has 0 spiro atoms. The Hall–Kier alpha value is -0.870. The number of rotatable bonds is 6. The van der Waals surface area contributed by atoms with E-state index in [9.17, 15) is 4.79 Å². The van der Waals surface area contributed by atoms with Crippen LogP contribution in [0.2, 0.25) is 0 Å². The Balaban J connectivity index is 1.48. The summed E-state index contributed by atoms with van der Waals surface area (Å²) in [4.78, 5) is 17.1. The standard InChI is InChI=1S/C17H26N2OS/c1-3-4-14-9-16(21-12(14)2)17(20)18-10-13-7-8-19(11-13)15-5-6-15/h9,13,15H,3-8,10-11H2,1-2H3,(H,18,20)/t13-/m1/s1. The van der Waals surface area contributed by atoms with Crippen LogP contribution in [0, 0.1) is 12.8 Å². The molecule has 4 heteroatoms. The zero-order valence-electron chi connectivity index (χ0n) is 13.2. The quantitative estimate of drug-likeness (QED) is 0.875. The van der Waals surface area contributed by atoms with Crippen LogP contribution in [0.25, 0.3) is 0 Å². The third-order valence-corrected chi connectivity index (χ3v) is 5.79. The molecule has 1 aromatic heterocycles. The summed E-state index contributed by atoms with van der Waals surface area (Å²) in [7, 11) is 0. The van der Waals surface area contributed by atoms with E-state index in [4.69, 9.17) is 0 Å². The summed E-state index contributed by atoms with van der Waals surface area (Å²) in [6.07, 6.45) is 6.22. The van der Waals surface area contributed by atoms with Crippen LogP contribution < -0.4 is 5.32 Å². The Labute approximate surface area is 131 Å². The minimum absolute atomic E-state index is 0.121. The summed E-state index contributed by atoms with van der Waals surface area (Å²) >= 11 is 1.64. The van der Waals surface area contributed by atoms with E-state index < -0.39 is 0 Å². The SMILES string of the molecule is CCCc1cc(C(=O)NC[C@H]2CCN(C3CC3)C2)sc1C. The molecular formula is C17H26N2OS. The predicted molar refractivity (Wildman–Crippen MR) is 88.1 cm³/mol. The molecule has 116 valence electrons. The molecule has 3 nitrogen and oxygen atoms in total. The molecule has 0 radical (unpaired) electrons. The van der Waals surface area contributed by atoms with Crippen LogP contribution in [0.15, 0.2) is 6.07 Å². The lowest BCUT2D eigenvalue weighted by Crippen LogP contribution is -2.31. The molecule has 0 bridgehead atoms. The Kier molecular flexibility index (Phi) is 4.65. The fourth-order valence-electron chi connectivity index (χ4n) is 3.27. The highest BCUT2D eigenvalue weighted by molar-refractivity contribution is 7.14. The van der Waals surface area contributed by atoms with Gasteiger partial charge in [0.1, 0.15) is 0 Å². The van der Waals surface area contributed by atoms with E-state index in [1.807, 2.05) is 0 Å². The molecule has 0 unspecified atom stereocenters. The van der Waals surface area contributed by atoms with Gasteiger partial charge in [-0.05, 0) is 56.7 Å². The van der Waals surface area contributed by atoms with Crippen molar-refractivity contribution in [3.8, 4) is 0 Å². The number of nitrogens with one attached hydrogen (secondary N) is 1. The molecule has 1 aromatic rings. The minimum Gasteiger partial charge on any atom is -0.351 e. The fourth-order valence-corrected chi connectivity index (χ4v) is 4.26. The maximum atomic E-state index is 12.3. The van der Waals surface area contributed by atoms with E-state index in [1.165, 1.54) is 42.8 Å². The first kappa shape index (κ1) is 15.0. The van der Waals surface area contributed by atoms with Crippen LogP contribution in [0.4, 0.5) is 0 Å². The topological polar surface area (TPSA) is 32.3 Å². The highest BCUT2D eigenvalue weighted by atomic mass is 32.1. The van der Waals surface area contributed by atoms with Crippen molar-refractivity contribution >= 4 is 17.2 Å². The van der Waals surface area contributed by atoms with E-state index in [0.717, 1.165) is 30.3 Å². The molecule has 21 heavy (non-hydrogen) atoms. The van der Waals surface area contributed by atoms with Crippen molar-refractivity contribution in [2.75, 3.05) is 19.6 Å². The Bertz CT molecular complexity index is 507. The van der Waals surface area contributed by atoms with Gasteiger partial charge >= 0.3 is 0 Å². The van der Waals surface area contributed by atoms with Gasteiger partial charge in [0.05, 0.1) is 4.88 Å². The maximum absolute atomic E-state index is 12.3. The third kappa shape index (κ3) is 3.67. The molecule has 2 heterocycles. The highest BCUT2D eigenvalue weighted by Crippen LogP contribution is 2.31. The molecule has 1 saturated carbocycles. The molecule has 1 atom stereocenters. The second kappa shape index (κ2) is 6.49. The lowest BCUT2D eigenvalue weighted by atomic mass is 10.1. The average molecular weight is 306 g/mol. The van der Waals surface area contributed by atoms with Gasteiger partial charge in [-0.3, -0.25) is 4.79 Å². The van der Waals surface area contributed by atoms with Crippen LogP contribution >= 0.6 is 11.3 Å². The normalized spacial score (nSPS) is 22.7. The number of nitrogens with zero attached hydrogens (tertiary/aromatic N) is 1. The summed E-state index contributed by atoms with van der Waals surface area (Å²) in [5, 5.41) is 3.15. The molecule has 2 aliphatic rings. The first-order valence-corrected chi connectivity index (χ1v) is 9.10. The lowest BCUT2D eigenvalue weighted by Gasteiger charge is -2.14. The summed E-state index contributed by atoms with van der Waals surface area (Å²) < 4.78 is 0.